The van der Waals surface area contributed by atoms with Gasteiger partial charge >= 0.3 is 0 Å². The first-order valence-electron chi connectivity index (χ1n) is 5.24. The Morgan fingerprint density at radius 1 is 1.47 bits per heavy atom. The molecule has 0 radical (unpaired) electrons. The van der Waals surface area contributed by atoms with E-state index in [0.717, 1.165) is 16.9 Å². The van der Waals surface area contributed by atoms with Gasteiger partial charge < -0.3 is 4.79 Å². The summed E-state index contributed by atoms with van der Waals surface area (Å²) in [6, 6.07) is 3.44. The maximum absolute atomic E-state index is 11.0. The predicted octanol–water partition coefficient (Wildman–Crippen LogP) is 3.06. The van der Waals surface area contributed by atoms with Gasteiger partial charge in [-0.05, 0) is 18.1 Å². The van der Waals surface area contributed by atoms with Gasteiger partial charge in [0, 0.05) is 0 Å². The number of hydrogen-bond acceptors (Lipinski definition) is 4. The molecule has 0 aliphatic rings. The molecule has 2 heterocycles. The second-order valence-corrected chi connectivity index (χ2v) is 5.77. The Labute approximate surface area is 108 Å². The molecule has 0 saturated heterocycles. The Kier molecular flexibility index (Phi) is 3.59. The molecule has 0 amide bonds. The van der Waals surface area contributed by atoms with Crippen LogP contribution in [0.25, 0.3) is 10.6 Å². The molecule has 2 aromatic heterocycles. The number of hydrogen-bond donors (Lipinski definition) is 0. The van der Waals surface area contributed by atoms with E-state index in [1.165, 1.54) is 11.3 Å². The number of nitrogens with zero attached hydrogens (tertiary/aromatic N) is 3. The van der Waals surface area contributed by atoms with Gasteiger partial charge in [-0.25, -0.2) is 4.68 Å². The molecule has 6 heteroatoms. The van der Waals surface area contributed by atoms with E-state index in [4.69, 9.17) is 11.6 Å². The molecule has 0 aliphatic carbocycles. The Bertz CT molecular complexity index is 520. The van der Waals surface area contributed by atoms with E-state index >= 15 is 0 Å². The first-order valence-corrected chi connectivity index (χ1v) is 6.44. The van der Waals surface area contributed by atoms with Crippen molar-refractivity contribution in [1.82, 2.24) is 15.0 Å². The predicted molar refractivity (Wildman–Crippen MR) is 68.3 cm³/mol. The summed E-state index contributed by atoms with van der Waals surface area (Å²) in [7, 11) is 0. The minimum atomic E-state index is -0.272. The smallest absolute Gasteiger partial charge is 0.144 e. The normalized spacial score (nSPS) is 12.9. The van der Waals surface area contributed by atoms with Gasteiger partial charge in [-0.1, -0.05) is 30.7 Å². The molecule has 0 fully saturated rings. The summed E-state index contributed by atoms with van der Waals surface area (Å²) >= 11 is 7.31. The highest BCUT2D eigenvalue weighted by atomic mass is 35.5. The fourth-order valence-corrected chi connectivity index (χ4v) is 2.50. The minimum Gasteiger partial charge on any atom is -0.301 e. The van der Waals surface area contributed by atoms with Crippen molar-refractivity contribution >= 4 is 29.2 Å². The number of rotatable bonds is 4. The molecular formula is C11H12ClN3OS. The maximum atomic E-state index is 11.0. The van der Waals surface area contributed by atoms with Gasteiger partial charge in [-0.3, -0.25) is 0 Å². The fourth-order valence-electron chi connectivity index (χ4n) is 1.51. The number of carbonyl (C=O) groups excluding carboxylic acids is 1. The average molecular weight is 270 g/mol. The molecule has 4 nitrogen and oxygen atoms in total. The van der Waals surface area contributed by atoms with Crippen LogP contribution in [0.3, 0.4) is 0 Å². The van der Waals surface area contributed by atoms with Crippen LogP contribution in [-0.2, 0) is 4.79 Å². The summed E-state index contributed by atoms with van der Waals surface area (Å²) in [5.41, 5.74) is 0.745. The number of halogens is 1. The monoisotopic (exact) mass is 269 g/mol. The van der Waals surface area contributed by atoms with Crippen molar-refractivity contribution in [2.45, 2.75) is 19.9 Å². The van der Waals surface area contributed by atoms with Gasteiger partial charge in [0.15, 0.2) is 0 Å². The van der Waals surface area contributed by atoms with Crippen LogP contribution in [0.15, 0.2) is 18.3 Å². The topological polar surface area (TPSA) is 47.8 Å². The van der Waals surface area contributed by atoms with Crippen molar-refractivity contribution in [3.63, 3.8) is 0 Å². The van der Waals surface area contributed by atoms with Gasteiger partial charge in [0.05, 0.1) is 15.4 Å². The zero-order valence-corrected chi connectivity index (χ0v) is 11.1. The van der Waals surface area contributed by atoms with Crippen molar-refractivity contribution in [3.8, 4) is 10.6 Å². The molecule has 17 heavy (non-hydrogen) atoms. The molecule has 0 N–H and O–H groups in total. The Morgan fingerprint density at radius 3 is 2.76 bits per heavy atom. The molecule has 0 saturated carbocycles. The SMILES string of the molecule is CC(C)C(C=O)n1cc(-c2ccc(Cl)s2)nn1. The van der Waals surface area contributed by atoms with Gasteiger partial charge in [0.25, 0.3) is 0 Å². The second-order valence-electron chi connectivity index (χ2n) is 4.06. The molecule has 0 bridgehead atoms. The van der Waals surface area contributed by atoms with Crippen LogP contribution in [0.4, 0.5) is 0 Å². The average Bonchev–Trinajstić information content (AvgIpc) is 2.87. The lowest BCUT2D eigenvalue weighted by atomic mass is 10.1. The molecule has 2 aromatic rings. The summed E-state index contributed by atoms with van der Waals surface area (Å²) in [6.45, 7) is 3.95. The second kappa shape index (κ2) is 4.98. The number of carbonyl (C=O) groups is 1. The molecule has 1 atom stereocenters. The van der Waals surface area contributed by atoms with E-state index in [0.29, 0.717) is 4.34 Å². The van der Waals surface area contributed by atoms with Crippen molar-refractivity contribution < 1.29 is 4.79 Å². The molecule has 90 valence electrons. The summed E-state index contributed by atoms with van der Waals surface area (Å²) in [5, 5.41) is 8.05. The third-order valence-corrected chi connectivity index (χ3v) is 3.72. The summed E-state index contributed by atoms with van der Waals surface area (Å²) in [5.74, 6) is 0.189. The molecular weight excluding hydrogens is 258 g/mol. The highest BCUT2D eigenvalue weighted by Gasteiger charge is 2.17. The van der Waals surface area contributed by atoms with Crippen LogP contribution >= 0.6 is 22.9 Å². The van der Waals surface area contributed by atoms with Crippen LogP contribution in [0.5, 0.6) is 0 Å². The molecule has 0 spiro atoms. The van der Waals surface area contributed by atoms with Crippen LogP contribution < -0.4 is 0 Å². The van der Waals surface area contributed by atoms with E-state index < -0.39 is 0 Å². The van der Waals surface area contributed by atoms with Crippen molar-refractivity contribution in [2.24, 2.45) is 5.92 Å². The zero-order chi connectivity index (χ0) is 12.4. The summed E-state index contributed by atoms with van der Waals surface area (Å²) in [6.07, 6.45) is 2.67. The molecule has 0 aromatic carbocycles. The van der Waals surface area contributed by atoms with Crippen LogP contribution in [0, 0.1) is 5.92 Å². The van der Waals surface area contributed by atoms with Crippen molar-refractivity contribution in [1.29, 1.82) is 0 Å². The first-order chi connectivity index (χ1) is 8.11. The van der Waals surface area contributed by atoms with E-state index in [2.05, 4.69) is 10.3 Å². The Hall–Kier alpha value is -1.20. The lowest BCUT2D eigenvalue weighted by Gasteiger charge is -2.12. The van der Waals surface area contributed by atoms with Gasteiger partial charge in [-0.15, -0.1) is 16.4 Å². The van der Waals surface area contributed by atoms with E-state index in [1.807, 2.05) is 26.0 Å². The van der Waals surface area contributed by atoms with E-state index in [1.54, 1.807) is 10.9 Å². The number of thiophene rings is 1. The van der Waals surface area contributed by atoms with Crippen LogP contribution in [0.1, 0.15) is 19.9 Å². The van der Waals surface area contributed by atoms with Gasteiger partial charge in [0.1, 0.15) is 18.0 Å². The lowest BCUT2D eigenvalue weighted by Crippen LogP contribution is -2.17. The highest BCUT2D eigenvalue weighted by Crippen LogP contribution is 2.30. The van der Waals surface area contributed by atoms with Crippen molar-refractivity contribution in [2.75, 3.05) is 0 Å². The Morgan fingerprint density at radius 2 is 2.24 bits per heavy atom. The van der Waals surface area contributed by atoms with Gasteiger partial charge in [0.2, 0.25) is 0 Å². The standard InChI is InChI=1S/C11H12ClN3OS/c1-7(2)9(6-16)15-5-8(13-14-15)10-3-4-11(12)17-10/h3-7,9H,1-2H3. The minimum absolute atomic E-state index is 0.189. The molecule has 0 aliphatic heterocycles. The third-order valence-electron chi connectivity index (χ3n) is 2.46. The molecule has 1 unspecified atom stereocenters. The highest BCUT2D eigenvalue weighted by molar-refractivity contribution is 7.19. The van der Waals surface area contributed by atoms with Crippen LogP contribution in [-0.4, -0.2) is 21.3 Å². The van der Waals surface area contributed by atoms with E-state index in [-0.39, 0.29) is 12.0 Å². The zero-order valence-electron chi connectivity index (χ0n) is 9.50. The first kappa shape index (κ1) is 12.3. The van der Waals surface area contributed by atoms with Gasteiger partial charge in [-0.2, -0.15) is 0 Å². The lowest BCUT2D eigenvalue weighted by molar-refractivity contribution is -0.111. The third kappa shape index (κ3) is 2.56. The molecule has 2 rings (SSSR count). The largest absolute Gasteiger partial charge is 0.301 e. The summed E-state index contributed by atoms with van der Waals surface area (Å²) < 4.78 is 2.31. The van der Waals surface area contributed by atoms with E-state index in [9.17, 15) is 4.79 Å². The maximum Gasteiger partial charge on any atom is 0.144 e. The quantitative estimate of drug-likeness (QED) is 0.802. The van der Waals surface area contributed by atoms with Crippen LogP contribution in [0.2, 0.25) is 4.34 Å². The Balaban J connectivity index is 2.29. The number of aldehydes is 1. The number of aromatic nitrogens is 3. The summed E-state index contributed by atoms with van der Waals surface area (Å²) in [4.78, 5) is 11.9. The van der Waals surface area contributed by atoms with Crippen molar-refractivity contribution in [3.05, 3.63) is 22.7 Å². The fraction of sp³-hybridized carbons (Fsp3) is 0.364.